The summed E-state index contributed by atoms with van der Waals surface area (Å²) in [5.41, 5.74) is -0.652. The van der Waals surface area contributed by atoms with Crippen molar-refractivity contribution in [3.05, 3.63) is 23.5 Å². The third kappa shape index (κ3) is 6.31. The van der Waals surface area contributed by atoms with Gasteiger partial charge < -0.3 is 19.5 Å². The Kier molecular flexibility index (Phi) is 7.88. The van der Waals surface area contributed by atoms with Crippen molar-refractivity contribution in [3.63, 3.8) is 0 Å². The van der Waals surface area contributed by atoms with Crippen LogP contribution in [0.15, 0.2) is 12.3 Å². The fourth-order valence-corrected chi connectivity index (χ4v) is 4.65. The van der Waals surface area contributed by atoms with Crippen LogP contribution in [0.3, 0.4) is 0 Å². The van der Waals surface area contributed by atoms with E-state index in [1.807, 2.05) is 0 Å². The van der Waals surface area contributed by atoms with Crippen LogP contribution in [0.4, 0.5) is 18.0 Å². The number of amides is 1. The van der Waals surface area contributed by atoms with Gasteiger partial charge in [0.25, 0.3) is 0 Å². The van der Waals surface area contributed by atoms with Crippen molar-refractivity contribution in [1.29, 1.82) is 0 Å². The maximum atomic E-state index is 14.0. The van der Waals surface area contributed by atoms with Crippen molar-refractivity contribution in [1.82, 2.24) is 24.9 Å². The number of hydrogen-bond donors (Lipinski definition) is 1. The van der Waals surface area contributed by atoms with Gasteiger partial charge in [-0.15, -0.1) is 5.10 Å². The molecule has 1 amide bonds. The van der Waals surface area contributed by atoms with Crippen molar-refractivity contribution in [3.8, 4) is 17.1 Å². The molecule has 13 heteroatoms. The number of pyridine rings is 1. The Morgan fingerprint density at radius 2 is 1.95 bits per heavy atom. The zero-order chi connectivity index (χ0) is 26.7. The van der Waals surface area contributed by atoms with E-state index in [1.165, 1.54) is 15.8 Å². The molecule has 4 rings (SSSR count). The lowest BCUT2D eigenvalue weighted by Gasteiger charge is -2.29. The molecule has 0 spiro atoms. The number of halogens is 3. The normalized spacial score (nSPS) is 20.2. The molecule has 202 valence electrons. The summed E-state index contributed by atoms with van der Waals surface area (Å²) in [6.07, 6.45) is 0.0526. The quantitative estimate of drug-likeness (QED) is 0.542. The van der Waals surface area contributed by atoms with Crippen LogP contribution in [0.25, 0.3) is 11.3 Å². The number of aryl methyl sites for hydroxylation is 1. The second kappa shape index (κ2) is 10.9. The number of hydrogen-bond acceptors (Lipinski definition) is 7. The van der Waals surface area contributed by atoms with E-state index in [-0.39, 0.29) is 24.3 Å². The third-order valence-electron chi connectivity index (χ3n) is 7.03. The van der Waals surface area contributed by atoms with Gasteiger partial charge in [-0.3, -0.25) is 4.79 Å². The Morgan fingerprint density at radius 1 is 1.22 bits per heavy atom. The number of carbonyl (C=O) groups is 2. The Hall–Kier alpha value is -3.38. The van der Waals surface area contributed by atoms with Gasteiger partial charge in [-0.1, -0.05) is 11.6 Å². The van der Waals surface area contributed by atoms with Crippen LogP contribution in [-0.2, 0) is 29.4 Å². The molecule has 1 N–H and O–H groups in total. The second-order valence-electron chi connectivity index (χ2n) is 9.76. The number of rotatable bonds is 8. The standard InChI is InChI=1S/C24H30F3N5O5/c1-31(12-14-5-3-6-14)23(35)36-13-19-20(29-30-32(19)2)16-10-18(24(25,26)27)21(28-11-16)37-17-8-4-7-15(9-17)22(33)34/h10-11,14-15,17H,3-9,12-13H2,1-2H3,(H,33,34)/t15-,17-/m0/s1. The van der Waals surface area contributed by atoms with E-state index in [1.54, 1.807) is 14.1 Å². The van der Waals surface area contributed by atoms with E-state index in [2.05, 4.69) is 15.3 Å². The maximum absolute atomic E-state index is 14.0. The first-order chi connectivity index (χ1) is 17.5. The number of carbonyl (C=O) groups excluding carboxylic acids is 1. The second-order valence-corrected chi connectivity index (χ2v) is 9.76. The van der Waals surface area contributed by atoms with Gasteiger partial charge in [-0.2, -0.15) is 13.2 Å². The van der Waals surface area contributed by atoms with Gasteiger partial charge in [0.1, 0.15) is 29.7 Å². The van der Waals surface area contributed by atoms with Crippen LogP contribution in [0.1, 0.15) is 56.2 Å². The fraction of sp³-hybridized carbons (Fsp3) is 0.625. The molecule has 0 unspecified atom stereocenters. The molecular formula is C24H30F3N5O5. The lowest BCUT2D eigenvalue weighted by molar-refractivity contribution is -0.145. The maximum Gasteiger partial charge on any atom is 0.421 e. The summed E-state index contributed by atoms with van der Waals surface area (Å²) in [4.78, 5) is 29.1. The SMILES string of the molecule is CN(CC1CCC1)C(=O)OCc1c(-c2cnc(O[C@H]3CCC[C@H](C(=O)O)C3)c(C(F)(F)F)c2)nnn1C. The van der Waals surface area contributed by atoms with Crippen molar-refractivity contribution in [2.24, 2.45) is 18.9 Å². The minimum atomic E-state index is -4.78. The van der Waals surface area contributed by atoms with Crippen molar-refractivity contribution >= 4 is 12.1 Å². The lowest BCUT2D eigenvalue weighted by Crippen LogP contribution is -2.34. The Labute approximate surface area is 211 Å². The predicted molar refractivity (Wildman–Crippen MR) is 123 cm³/mol. The summed E-state index contributed by atoms with van der Waals surface area (Å²) in [5, 5.41) is 17.1. The molecule has 0 aromatic carbocycles. The fourth-order valence-electron chi connectivity index (χ4n) is 4.65. The molecule has 2 fully saturated rings. The molecule has 2 aliphatic carbocycles. The largest absolute Gasteiger partial charge is 0.481 e. The van der Waals surface area contributed by atoms with Crippen LogP contribution < -0.4 is 4.74 Å². The highest BCUT2D eigenvalue weighted by atomic mass is 19.4. The van der Waals surface area contributed by atoms with E-state index in [4.69, 9.17) is 9.47 Å². The molecule has 37 heavy (non-hydrogen) atoms. The topological polar surface area (TPSA) is 120 Å². The molecule has 10 nitrogen and oxygen atoms in total. The minimum absolute atomic E-state index is 0.0358. The average molecular weight is 526 g/mol. The molecule has 0 aliphatic heterocycles. The van der Waals surface area contributed by atoms with Gasteiger partial charge in [0.05, 0.1) is 5.92 Å². The van der Waals surface area contributed by atoms with E-state index in [0.29, 0.717) is 37.4 Å². The summed E-state index contributed by atoms with van der Waals surface area (Å²) >= 11 is 0. The summed E-state index contributed by atoms with van der Waals surface area (Å²) in [6, 6.07) is 0.873. The van der Waals surface area contributed by atoms with E-state index >= 15 is 0 Å². The lowest BCUT2D eigenvalue weighted by atomic mass is 9.85. The molecule has 2 aromatic heterocycles. The monoisotopic (exact) mass is 525 g/mol. The van der Waals surface area contributed by atoms with E-state index < -0.39 is 41.7 Å². The number of ether oxygens (including phenoxy) is 2. The van der Waals surface area contributed by atoms with Crippen molar-refractivity contribution in [2.45, 2.75) is 63.8 Å². The summed E-state index contributed by atoms with van der Waals surface area (Å²) in [6.45, 7) is 0.356. The van der Waals surface area contributed by atoms with E-state index in [9.17, 15) is 27.9 Å². The molecular weight excluding hydrogens is 495 g/mol. The summed E-state index contributed by atoms with van der Waals surface area (Å²) in [5.74, 6) is -1.80. The molecule has 2 atom stereocenters. The minimum Gasteiger partial charge on any atom is -0.481 e. The molecule has 2 aliphatic rings. The highest BCUT2D eigenvalue weighted by Gasteiger charge is 2.38. The Morgan fingerprint density at radius 3 is 2.59 bits per heavy atom. The first kappa shape index (κ1) is 26.7. The van der Waals surface area contributed by atoms with Gasteiger partial charge in [0.2, 0.25) is 5.88 Å². The number of aliphatic carboxylic acids is 1. The first-order valence-corrected chi connectivity index (χ1v) is 12.3. The van der Waals surface area contributed by atoms with Gasteiger partial charge in [0, 0.05) is 32.4 Å². The predicted octanol–water partition coefficient (Wildman–Crippen LogP) is 4.29. The first-order valence-electron chi connectivity index (χ1n) is 12.3. The van der Waals surface area contributed by atoms with Crippen LogP contribution in [-0.4, -0.2) is 61.7 Å². The molecule has 0 radical (unpaired) electrons. The third-order valence-corrected chi connectivity index (χ3v) is 7.03. The molecule has 2 aromatic rings. The molecule has 0 saturated heterocycles. The number of nitrogens with zero attached hydrogens (tertiary/aromatic N) is 5. The van der Waals surface area contributed by atoms with E-state index in [0.717, 1.165) is 25.3 Å². The highest BCUT2D eigenvalue weighted by Crippen LogP contribution is 2.39. The summed E-state index contributed by atoms with van der Waals surface area (Å²) < 4.78 is 54.2. The average Bonchev–Trinajstić information content (AvgIpc) is 3.19. The Bertz CT molecular complexity index is 1130. The zero-order valence-corrected chi connectivity index (χ0v) is 20.7. The number of aromatic nitrogens is 4. The van der Waals surface area contributed by atoms with Crippen LogP contribution in [0.2, 0.25) is 0 Å². The Balaban J connectivity index is 1.51. The van der Waals surface area contributed by atoms with Crippen LogP contribution >= 0.6 is 0 Å². The molecule has 2 saturated carbocycles. The van der Waals surface area contributed by atoms with Crippen LogP contribution in [0, 0.1) is 11.8 Å². The van der Waals surface area contributed by atoms with Gasteiger partial charge in [-0.25, -0.2) is 14.5 Å². The number of carboxylic acids is 1. The smallest absolute Gasteiger partial charge is 0.421 e. The molecule has 0 bridgehead atoms. The van der Waals surface area contributed by atoms with Gasteiger partial charge >= 0.3 is 18.2 Å². The highest BCUT2D eigenvalue weighted by molar-refractivity contribution is 5.70. The van der Waals surface area contributed by atoms with Gasteiger partial charge in [0.15, 0.2) is 0 Å². The number of carboxylic acid groups (broad SMARTS) is 1. The van der Waals surface area contributed by atoms with Crippen molar-refractivity contribution < 1.29 is 37.3 Å². The number of alkyl halides is 3. The van der Waals surface area contributed by atoms with Crippen LogP contribution in [0.5, 0.6) is 5.88 Å². The summed E-state index contributed by atoms with van der Waals surface area (Å²) in [7, 11) is 3.20. The molecule has 2 heterocycles. The zero-order valence-electron chi connectivity index (χ0n) is 20.7. The van der Waals surface area contributed by atoms with Crippen molar-refractivity contribution in [2.75, 3.05) is 13.6 Å². The van der Waals surface area contributed by atoms with Gasteiger partial charge in [-0.05, 0) is 50.5 Å².